The van der Waals surface area contributed by atoms with Gasteiger partial charge in [-0.15, -0.1) is 0 Å². The zero-order valence-corrected chi connectivity index (χ0v) is 13.6. The molecular weight excluding hydrogens is 314 g/mol. The third-order valence-electron chi connectivity index (χ3n) is 3.74. The predicted molar refractivity (Wildman–Crippen MR) is 93.4 cm³/mol. The second-order valence-electron chi connectivity index (χ2n) is 5.50. The number of anilines is 3. The molecule has 2 aromatic rings. The summed E-state index contributed by atoms with van der Waals surface area (Å²) in [6.07, 6.45) is 0. The molecule has 120 valence electrons. The highest BCUT2D eigenvalue weighted by Gasteiger charge is 2.20. The number of carbonyl (C=O) groups is 1. The molecule has 1 heterocycles. The molecule has 0 atom stereocenters. The third-order valence-corrected chi connectivity index (χ3v) is 3.97. The largest absolute Gasteiger partial charge is 0.490 e. The summed E-state index contributed by atoms with van der Waals surface area (Å²) in [5.41, 5.74) is 9.02. The summed E-state index contributed by atoms with van der Waals surface area (Å²) in [5, 5.41) is 3.57. The first kappa shape index (κ1) is 15.5. The highest BCUT2D eigenvalue weighted by molar-refractivity contribution is 6.30. The number of hydrogen-bond acceptors (Lipinski definition) is 4. The van der Waals surface area contributed by atoms with Gasteiger partial charge in [-0.1, -0.05) is 11.6 Å². The monoisotopic (exact) mass is 331 g/mol. The molecule has 6 heteroatoms. The molecule has 0 aromatic heterocycles. The van der Waals surface area contributed by atoms with E-state index in [9.17, 15) is 4.79 Å². The maximum atomic E-state index is 12.4. The first-order valence-corrected chi connectivity index (χ1v) is 7.74. The van der Waals surface area contributed by atoms with Crippen molar-refractivity contribution in [3.8, 4) is 5.75 Å². The molecule has 0 bridgehead atoms. The van der Waals surface area contributed by atoms with Gasteiger partial charge < -0.3 is 20.7 Å². The zero-order chi connectivity index (χ0) is 16.4. The van der Waals surface area contributed by atoms with Gasteiger partial charge in [0.25, 0.3) is 0 Å². The summed E-state index contributed by atoms with van der Waals surface area (Å²) in [7, 11) is 0. The number of nitrogens with two attached hydrogens (primary N) is 1. The van der Waals surface area contributed by atoms with E-state index in [0.29, 0.717) is 23.9 Å². The van der Waals surface area contributed by atoms with Crippen LogP contribution in [0.4, 0.5) is 17.1 Å². The Hall–Kier alpha value is -2.40. The molecule has 0 saturated heterocycles. The van der Waals surface area contributed by atoms with Crippen LogP contribution in [-0.2, 0) is 4.79 Å². The van der Waals surface area contributed by atoms with Crippen molar-refractivity contribution in [2.75, 3.05) is 35.6 Å². The van der Waals surface area contributed by atoms with Crippen molar-refractivity contribution >= 4 is 34.6 Å². The molecule has 0 fully saturated rings. The van der Waals surface area contributed by atoms with Crippen molar-refractivity contribution in [1.29, 1.82) is 0 Å². The van der Waals surface area contributed by atoms with E-state index in [2.05, 4.69) is 5.32 Å². The molecule has 0 radical (unpaired) electrons. The molecule has 5 nitrogen and oxygen atoms in total. The Morgan fingerprint density at radius 2 is 2.17 bits per heavy atom. The SMILES string of the molecule is Cc1cc(Cl)ccc1NC(=O)CN1CCOc2ccc(N)cc21. The Labute approximate surface area is 140 Å². The molecule has 0 spiro atoms. The number of fused-ring (bicyclic) bond motifs is 1. The van der Waals surface area contributed by atoms with Crippen molar-refractivity contribution in [1.82, 2.24) is 0 Å². The van der Waals surface area contributed by atoms with Gasteiger partial charge in [0.2, 0.25) is 5.91 Å². The lowest BCUT2D eigenvalue weighted by Crippen LogP contribution is -2.38. The van der Waals surface area contributed by atoms with Crippen LogP contribution >= 0.6 is 11.6 Å². The van der Waals surface area contributed by atoms with Crippen molar-refractivity contribution in [2.45, 2.75) is 6.92 Å². The molecule has 1 aliphatic heterocycles. The normalized spacial score (nSPS) is 13.2. The zero-order valence-electron chi connectivity index (χ0n) is 12.8. The molecule has 1 aliphatic rings. The Balaban J connectivity index is 1.73. The van der Waals surface area contributed by atoms with Gasteiger partial charge >= 0.3 is 0 Å². The van der Waals surface area contributed by atoms with Crippen LogP contribution in [0.3, 0.4) is 0 Å². The van der Waals surface area contributed by atoms with Crippen LogP contribution in [0.5, 0.6) is 5.75 Å². The van der Waals surface area contributed by atoms with Crippen LogP contribution in [0.1, 0.15) is 5.56 Å². The number of nitrogens with zero attached hydrogens (tertiary/aromatic N) is 1. The van der Waals surface area contributed by atoms with Gasteiger partial charge in [0.15, 0.2) is 0 Å². The maximum absolute atomic E-state index is 12.4. The van der Waals surface area contributed by atoms with E-state index >= 15 is 0 Å². The average molecular weight is 332 g/mol. The first-order valence-electron chi connectivity index (χ1n) is 7.36. The van der Waals surface area contributed by atoms with Crippen LogP contribution < -0.4 is 20.7 Å². The van der Waals surface area contributed by atoms with Crippen LogP contribution in [0.25, 0.3) is 0 Å². The standard InChI is InChI=1S/C17H18ClN3O2/c1-11-8-12(18)2-4-14(11)20-17(22)10-21-6-7-23-16-5-3-13(19)9-15(16)21/h2-5,8-9H,6-7,10,19H2,1H3,(H,20,22). The Kier molecular flexibility index (Phi) is 4.30. The van der Waals surface area contributed by atoms with Crippen molar-refractivity contribution in [2.24, 2.45) is 0 Å². The van der Waals surface area contributed by atoms with Crippen LogP contribution in [0.2, 0.25) is 5.02 Å². The van der Waals surface area contributed by atoms with E-state index in [4.69, 9.17) is 22.1 Å². The topological polar surface area (TPSA) is 67.6 Å². The maximum Gasteiger partial charge on any atom is 0.243 e. The minimum Gasteiger partial charge on any atom is -0.490 e. The van der Waals surface area contributed by atoms with Crippen molar-refractivity contribution < 1.29 is 9.53 Å². The summed E-state index contributed by atoms with van der Waals surface area (Å²) >= 11 is 5.93. The minimum absolute atomic E-state index is 0.0919. The van der Waals surface area contributed by atoms with Gasteiger partial charge in [-0.05, 0) is 48.9 Å². The fraction of sp³-hybridized carbons (Fsp3) is 0.235. The number of aryl methyl sites for hydroxylation is 1. The van der Waals surface area contributed by atoms with Gasteiger partial charge in [0.1, 0.15) is 12.4 Å². The molecule has 3 N–H and O–H groups in total. The quantitative estimate of drug-likeness (QED) is 0.848. The van der Waals surface area contributed by atoms with Gasteiger partial charge in [0, 0.05) is 16.4 Å². The molecule has 0 aliphatic carbocycles. The fourth-order valence-corrected chi connectivity index (χ4v) is 2.81. The fourth-order valence-electron chi connectivity index (χ4n) is 2.58. The van der Waals surface area contributed by atoms with E-state index in [1.807, 2.05) is 30.0 Å². The van der Waals surface area contributed by atoms with Crippen LogP contribution in [-0.4, -0.2) is 25.6 Å². The number of hydrogen-bond donors (Lipinski definition) is 2. The Morgan fingerprint density at radius 3 is 2.96 bits per heavy atom. The molecular formula is C17H18ClN3O2. The van der Waals surface area contributed by atoms with E-state index < -0.39 is 0 Å². The average Bonchev–Trinajstić information content (AvgIpc) is 2.51. The number of halogens is 1. The van der Waals surface area contributed by atoms with Gasteiger partial charge in [-0.2, -0.15) is 0 Å². The number of ether oxygens (including phenoxy) is 1. The lowest BCUT2D eigenvalue weighted by atomic mass is 10.2. The number of benzene rings is 2. The summed E-state index contributed by atoms with van der Waals surface area (Å²) in [6, 6.07) is 10.8. The Bertz CT molecular complexity index is 749. The minimum atomic E-state index is -0.0919. The Morgan fingerprint density at radius 1 is 1.35 bits per heavy atom. The number of amides is 1. The first-order chi connectivity index (χ1) is 11.0. The molecule has 2 aromatic carbocycles. The highest BCUT2D eigenvalue weighted by Crippen LogP contribution is 2.33. The lowest BCUT2D eigenvalue weighted by Gasteiger charge is -2.31. The number of carbonyl (C=O) groups excluding carboxylic acids is 1. The number of nitrogens with one attached hydrogen (secondary N) is 1. The second-order valence-corrected chi connectivity index (χ2v) is 5.94. The summed E-state index contributed by atoms with van der Waals surface area (Å²) in [4.78, 5) is 14.3. The summed E-state index contributed by atoms with van der Waals surface area (Å²) in [5.74, 6) is 0.659. The van der Waals surface area contributed by atoms with Crippen molar-refractivity contribution in [3.05, 3.63) is 47.0 Å². The van der Waals surface area contributed by atoms with E-state index in [1.165, 1.54) is 0 Å². The van der Waals surface area contributed by atoms with Gasteiger partial charge in [0.05, 0.1) is 18.8 Å². The van der Waals surface area contributed by atoms with E-state index in [0.717, 1.165) is 22.7 Å². The van der Waals surface area contributed by atoms with Crippen molar-refractivity contribution in [3.63, 3.8) is 0 Å². The highest BCUT2D eigenvalue weighted by atomic mass is 35.5. The second kappa shape index (κ2) is 6.38. The lowest BCUT2D eigenvalue weighted by molar-refractivity contribution is -0.115. The third kappa shape index (κ3) is 3.51. The molecule has 23 heavy (non-hydrogen) atoms. The molecule has 0 unspecified atom stereocenters. The van der Waals surface area contributed by atoms with Gasteiger partial charge in [-0.3, -0.25) is 4.79 Å². The number of rotatable bonds is 3. The van der Waals surface area contributed by atoms with Gasteiger partial charge in [-0.25, -0.2) is 0 Å². The predicted octanol–water partition coefficient (Wildman–Crippen LogP) is 3.07. The van der Waals surface area contributed by atoms with E-state index in [-0.39, 0.29) is 12.5 Å². The van der Waals surface area contributed by atoms with Crippen LogP contribution in [0, 0.1) is 6.92 Å². The molecule has 3 rings (SSSR count). The molecule has 1 amide bonds. The summed E-state index contributed by atoms with van der Waals surface area (Å²) in [6.45, 7) is 3.34. The smallest absolute Gasteiger partial charge is 0.243 e. The molecule has 0 saturated carbocycles. The van der Waals surface area contributed by atoms with Crippen LogP contribution in [0.15, 0.2) is 36.4 Å². The van der Waals surface area contributed by atoms with E-state index in [1.54, 1.807) is 18.2 Å². The summed E-state index contributed by atoms with van der Waals surface area (Å²) < 4.78 is 5.60. The number of nitrogen functional groups attached to an aromatic ring is 1.